The van der Waals surface area contributed by atoms with Crippen molar-refractivity contribution in [3.63, 3.8) is 0 Å². The number of nitrogens with one attached hydrogen (secondary N) is 2. The monoisotopic (exact) mass is 285 g/mol. The minimum absolute atomic E-state index is 0.449. The Balaban J connectivity index is 1.83. The molecule has 6 nitrogen and oxygen atoms in total. The molecule has 0 bridgehead atoms. The lowest BCUT2D eigenvalue weighted by molar-refractivity contribution is 0.414. The first-order chi connectivity index (χ1) is 10.2. The number of fused-ring (bicyclic) bond motifs is 1. The van der Waals surface area contributed by atoms with E-state index in [2.05, 4.69) is 10.3 Å². The van der Waals surface area contributed by atoms with Gasteiger partial charge in [-0.05, 0) is 23.8 Å². The lowest BCUT2D eigenvalue weighted by Gasteiger charge is -2.10. The Kier molecular flexibility index (Phi) is 3.27. The Labute approximate surface area is 120 Å². The molecule has 0 fully saturated rings. The van der Waals surface area contributed by atoms with Crippen molar-refractivity contribution in [2.75, 3.05) is 18.2 Å². The van der Waals surface area contributed by atoms with Gasteiger partial charge in [0.25, 0.3) is 0 Å². The van der Waals surface area contributed by atoms with Crippen LogP contribution in [-0.2, 0) is 6.54 Å². The second-order valence-electron chi connectivity index (χ2n) is 4.66. The molecule has 0 radical (unpaired) electrons. The number of aromatic nitrogens is 1. The number of H-pyrrole nitrogens is 1. The van der Waals surface area contributed by atoms with E-state index >= 15 is 0 Å². The third-order valence-electron chi connectivity index (χ3n) is 3.21. The number of nitrogens with two attached hydrogens (primary N) is 1. The second-order valence-corrected chi connectivity index (χ2v) is 4.66. The molecule has 108 valence electrons. The van der Waals surface area contributed by atoms with Gasteiger partial charge in [-0.15, -0.1) is 0 Å². The van der Waals surface area contributed by atoms with Gasteiger partial charge in [-0.3, -0.25) is 4.98 Å². The van der Waals surface area contributed by atoms with E-state index in [1.54, 1.807) is 19.2 Å². The van der Waals surface area contributed by atoms with Crippen LogP contribution in [0.5, 0.6) is 5.75 Å². The van der Waals surface area contributed by atoms with Crippen LogP contribution >= 0.6 is 0 Å². The summed E-state index contributed by atoms with van der Waals surface area (Å²) in [6.45, 7) is 0.592. The number of methoxy groups -OCH3 is 1. The highest BCUT2D eigenvalue weighted by atomic mass is 16.5. The van der Waals surface area contributed by atoms with Crippen LogP contribution in [0.25, 0.3) is 11.1 Å². The fraction of sp³-hybridized carbons (Fsp3) is 0.133. The zero-order valence-corrected chi connectivity index (χ0v) is 11.5. The maximum atomic E-state index is 11.2. The van der Waals surface area contributed by atoms with Crippen LogP contribution in [-0.4, -0.2) is 12.1 Å². The van der Waals surface area contributed by atoms with Crippen molar-refractivity contribution in [2.45, 2.75) is 6.54 Å². The Morgan fingerprint density at radius 3 is 3.00 bits per heavy atom. The lowest BCUT2D eigenvalue weighted by atomic mass is 10.2. The van der Waals surface area contributed by atoms with E-state index < -0.39 is 5.76 Å². The van der Waals surface area contributed by atoms with Gasteiger partial charge < -0.3 is 20.2 Å². The average Bonchev–Trinajstić information content (AvgIpc) is 2.84. The second kappa shape index (κ2) is 5.24. The molecule has 0 atom stereocenters. The number of anilines is 2. The number of hydrogen-bond donors (Lipinski definition) is 3. The van der Waals surface area contributed by atoms with Crippen LogP contribution < -0.4 is 21.5 Å². The van der Waals surface area contributed by atoms with Gasteiger partial charge in [0.1, 0.15) is 5.75 Å². The molecule has 0 aliphatic rings. The molecule has 3 aromatic rings. The summed E-state index contributed by atoms with van der Waals surface area (Å²) in [5, 5.41) is 3.24. The summed E-state index contributed by atoms with van der Waals surface area (Å²) in [5.41, 5.74) is 9.34. The van der Waals surface area contributed by atoms with E-state index in [0.29, 0.717) is 23.3 Å². The van der Waals surface area contributed by atoms with Gasteiger partial charge in [0.2, 0.25) is 0 Å². The number of rotatable bonds is 4. The maximum absolute atomic E-state index is 11.2. The smallest absolute Gasteiger partial charge is 0.417 e. The van der Waals surface area contributed by atoms with E-state index in [9.17, 15) is 4.79 Å². The van der Waals surface area contributed by atoms with Crippen LogP contribution in [0.4, 0.5) is 11.4 Å². The number of aromatic amines is 1. The van der Waals surface area contributed by atoms with E-state index in [-0.39, 0.29) is 0 Å². The Hall–Kier alpha value is -2.89. The molecule has 6 heteroatoms. The molecule has 2 aromatic carbocycles. The lowest BCUT2D eigenvalue weighted by Crippen LogP contribution is -2.02. The van der Waals surface area contributed by atoms with Crippen LogP contribution in [0.3, 0.4) is 0 Å². The average molecular weight is 285 g/mol. The Morgan fingerprint density at radius 2 is 2.19 bits per heavy atom. The first-order valence-corrected chi connectivity index (χ1v) is 6.45. The van der Waals surface area contributed by atoms with Gasteiger partial charge in [0.15, 0.2) is 5.58 Å². The summed E-state index contributed by atoms with van der Waals surface area (Å²) in [7, 11) is 1.63. The molecule has 4 N–H and O–H groups in total. The fourth-order valence-electron chi connectivity index (χ4n) is 2.15. The molecule has 21 heavy (non-hydrogen) atoms. The highest BCUT2D eigenvalue weighted by Crippen LogP contribution is 2.25. The number of oxazole rings is 1. The molecule has 0 spiro atoms. The predicted molar refractivity (Wildman–Crippen MR) is 81.6 cm³/mol. The number of ether oxygens (including phenoxy) is 1. The summed E-state index contributed by atoms with van der Waals surface area (Å²) in [6.07, 6.45) is 0. The van der Waals surface area contributed by atoms with Crippen molar-refractivity contribution in [3.05, 3.63) is 52.5 Å². The van der Waals surface area contributed by atoms with Gasteiger partial charge in [0.05, 0.1) is 24.0 Å². The molecule has 0 amide bonds. The zero-order chi connectivity index (χ0) is 14.8. The first-order valence-electron chi connectivity index (χ1n) is 6.45. The molecule has 0 unspecified atom stereocenters. The third-order valence-corrected chi connectivity index (χ3v) is 3.21. The molecular formula is C15H15N3O3. The van der Waals surface area contributed by atoms with Crippen molar-refractivity contribution in [2.24, 2.45) is 0 Å². The summed E-state index contributed by atoms with van der Waals surface area (Å²) in [6, 6.07) is 11.1. The molecule has 0 saturated carbocycles. The van der Waals surface area contributed by atoms with Gasteiger partial charge in [-0.2, -0.15) is 0 Å². The van der Waals surface area contributed by atoms with Crippen molar-refractivity contribution >= 4 is 22.5 Å². The third kappa shape index (κ3) is 2.69. The van der Waals surface area contributed by atoms with Crippen LogP contribution in [0.2, 0.25) is 0 Å². The van der Waals surface area contributed by atoms with Gasteiger partial charge in [-0.1, -0.05) is 12.1 Å². The van der Waals surface area contributed by atoms with E-state index in [1.165, 1.54) is 0 Å². The summed E-state index contributed by atoms with van der Waals surface area (Å²) >= 11 is 0. The van der Waals surface area contributed by atoms with E-state index in [0.717, 1.165) is 17.0 Å². The minimum Gasteiger partial charge on any atom is -0.497 e. The van der Waals surface area contributed by atoms with E-state index in [4.69, 9.17) is 14.9 Å². The standard InChI is InChI=1S/C15H15N3O3/c1-20-10-4-2-3-9(5-10)8-17-12-7-13-14(6-11(12)16)21-15(19)18-13/h2-7,17H,8,16H2,1H3,(H,18,19). The zero-order valence-electron chi connectivity index (χ0n) is 11.5. The minimum atomic E-state index is -0.491. The van der Waals surface area contributed by atoms with Crippen molar-refractivity contribution < 1.29 is 9.15 Å². The van der Waals surface area contributed by atoms with Crippen molar-refractivity contribution in [1.82, 2.24) is 4.98 Å². The van der Waals surface area contributed by atoms with Gasteiger partial charge in [-0.25, -0.2) is 4.79 Å². The molecule has 1 aromatic heterocycles. The maximum Gasteiger partial charge on any atom is 0.417 e. The molecule has 3 rings (SSSR count). The highest BCUT2D eigenvalue weighted by Gasteiger charge is 2.06. The Morgan fingerprint density at radius 1 is 1.33 bits per heavy atom. The summed E-state index contributed by atoms with van der Waals surface area (Å²) in [5.74, 6) is 0.311. The van der Waals surface area contributed by atoms with Crippen LogP contribution in [0, 0.1) is 0 Å². The normalized spacial score (nSPS) is 10.7. The number of hydrogen-bond acceptors (Lipinski definition) is 5. The van der Waals surface area contributed by atoms with Gasteiger partial charge >= 0.3 is 5.76 Å². The molecular weight excluding hydrogens is 270 g/mol. The molecule has 0 aliphatic heterocycles. The molecule has 0 aliphatic carbocycles. The van der Waals surface area contributed by atoms with Crippen molar-refractivity contribution in [3.8, 4) is 5.75 Å². The predicted octanol–water partition coefficient (Wildman–Crippen LogP) is 2.32. The Bertz CT molecular complexity index is 836. The largest absolute Gasteiger partial charge is 0.497 e. The van der Waals surface area contributed by atoms with Gasteiger partial charge in [0, 0.05) is 12.6 Å². The van der Waals surface area contributed by atoms with Crippen LogP contribution in [0.1, 0.15) is 5.56 Å². The first kappa shape index (κ1) is 13.1. The number of benzene rings is 2. The van der Waals surface area contributed by atoms with Crippen molar-refractivity contribution in [1.29, 1.82) is 0 Å². The highest BCUT2D eigenvalue weighted by molar-refractivity contribution is 5.85. The van der Waals surface area contributed by atoms with E-state index in [1.807, 2.05) is 24.3 Å². The fourth-order valence-corrected chi connectivity index (χ4v) is 2.15. The molecule has 0 saturated heterocycles. The SMILES string of the molecule is COc1cccc(CNc2cc3[nH]c(=O)oc3cc2N)c1. The topological polar surface area (TPSA) is 93.3 Å². The number of nitrogen functional groups attached to an aromatic ring is 1. The quantitative estimate of drug-likeness (QED) is 0.640. The molecule has 1 heterocycles. The summed E-state index contributed by atoms with van der Waals surface area (Å²) < 4.78 is 10.1. The summed E-state index contributed by atoms with van der Waals surface area (Å²) in [4.78, 5) is 13.8. The van der Waals surface area contributed by atoms with Crippen LogP contribution in [0.15, 0.2) is 45.6 Å².